The number of aliphatic hydroxyl groups is 2. The molecule has 2 aromatic rings. The molecule has 0 aliphatic rings. The SMILES string of the molecule is C=C(C)C(=O)OCC(O)Cc1cc(OC)ccc1Oc1ccc(OC)cc1CC(O)COC(=O)C(=C)C. The summed E-state index contributed by atoms with van der Waals surface area (Å²) in [5.41, 5.74) is 1.69. The highest BCUT2D eigenvalue weighted by molar-refractivity contribution is 5.87. The molecule has 0 aliphatic carbocycles. The van der Waals surface area contributed by atoms with Crippen molar-refractivity contribution in [2.24, 2.45) is 0 Å². The van der Waals surface area contributed by atoms with Crippen LogP contribution < -0.4 is 14.2 Å². The fraction of sp³-hybridized carbons (Fsp3) is 0.357. The van der Waals surface area contributed by atoms with Gasteiger partial charge in [-0.1, -0.05) is 13.2 Å². The van der Waals surface area contributed by atoms with Gasteiger partial charge in [-0.05, 0) is 50.2 Å². The molecule has 2 atom stereocenters. The van der Waals surface area contributed by atoms with Crippen LogP contribution in [0.1, 0.15) is 25.0 Å². The lowest BCUT2D eigenvalue weighted by Crippen LogP contribution is -2.22. The molecule has 9 nitrogen and oxygen atoms in total. The molecule has 9 heteroatoms. The van der Waals surface area contributed by atoms with Crippen LogP contribution in [0, 0.1) is 0 Å². The predicted molar refractivity (Wildman–Crippen MR) is 137 cm³/mol. The van der Waals surface area contributed by atoms with E-state index in [4.69, 9.17) is 23.7 Å². The van der Waals surface area contributed by atoms with Crippen LogP contribution in [0.2, 0.25) is 0 Å². The summed E-state index contributed by atoms with van der Waals surface area (Å²) in [6, 6.07) is 10.2. The number of aliphatic hydroxyl groups excluding tert-OH is 2. The van der Waals surface area contributed by atoms with Gasteiger partial charge in [-0.15, -0.1) is 0 Å². The summed E-state index contributed by atoms with van der Waals surface area (Å²) in [6.07, 6.45) is -1.78. The maximum atomic E-state index is 11.7. The Morgan fingerprint density at radius 1 is 0.757 bits per heavy atom. The van der Waals surface area contributed by atoms with Crippen molar-refractivity contribution in [3.8, 4) is 23.0 Å². The van der Waals surface area contributed by atoms with E-state index in [9.17, 15) is 19.8 Å². The molecule has 0 fully saturated rings. The fourth-order valence-electron chi connectivity index (χ4n) is 3.22. The lowest BCUT2D eigenvalue weighted by Gasteiger charge is -2.19. The maximum Gasteiger partial charge on any atom is 0.333 e. The number of ether oxygens (including phenoxy) is 5. The molecule has 0 aromatic heterocycles. The monoisotopic (exact) mass is 514 g/mol. The zero-order valence-electron chi connectivity index (χ0n) is 21.6. The Morgan fingerprint density at radius 3 is 1.46 bits per heavy atom. The van der Waals surface area contributed by atoms with Gasteiger partial charge >= 0.3 is 11.9 Å². The molecule has 2 unspecified atom stereocenters. The Balaban J connectivity index is 2.25. The lowest BCUT2D eigenvalue weighted by molar-refractivity contribution is -0.142. The summed E-state index contributed by atoms with van der Waals surface area (Å²) >= 11 is 0. The van der Waals surface area contributed by atoms with Gasteiger partial charge in [-0.3, -0.25) is 0 Å². The minimum absolute atomic E-state index is 0.112. The van der Waals surface area contributed by atoms with E-state index in [1.165, 1.54) is 28.1 Å². The Bertz CT molecular complexity index is 1040. The summed E-state index contributed by atoms with van der Waals surface area (Å²) in [6.45, 7) is 9.66. The molecule has 2 aromatic carbocycles. The van der Waals surface area contributed by atoms with Crippen LogP contribution >= 0.6 is 0 Å². The van der Waals surface area contributed by atoms with Crippen molar-refractivity contribution in [3.05, 3.63) is 71.8 Å². The maximum absolute atomic E-state index is 11.7. The average molecular weight is 515 g/mol. The summed E-state index contributed by atoms with van der Waals surface area (Å²) in [7, 11) is 3.04. The summed E-state index contributed by atoms with van der Waals surface area (Å²) in [4.78, 5) is 23.3. The standard InChI is InChI=1S/C28H34O9/c1-17(2)27(31)35-15-21(29)11-19-13-23(33-5)7-9-25(19)37-26-10-8-24(34-6)14-20(26)12-22(30)16-36-28(32)18(3)4/h7-10,13-14,21-22,29-30H,1,3,11-12,15-16H2,2,4-6H3. The second-order valence-corrected chi connectivity index (χ2v) is 8.52. The predicted octanol–water partition coefficient (Wildman–Crippen LogP) is 3.54. The third-order valence-electron chi connectivity index (χ3n) is 5.18. The van der Waals surface area contributed by atoms with E-state index < -0.39 is 24.1 Å². The Hall–Kier alpha value is -3.82. The first-order valence-corrected chi connectivity index (χ1v) is 11.6. The van der Waals surface area contributed by atoms with Crippen molar-refractivity contribution < 1.29 is 43.5 Å². The van der Waals surface area contributed by atoms with Crippen molar-refractivity contribution in [2.45, 2.75) is 38.9 Å². The zero-order chi connectivity index (χ0) is 27.5. The van der Waals surface area contributed by atoms with E-state index in [-0.39, 0.29) is 37.2 Å². The molecule has 0 heterocycles. The smallest absolute Gasteiger partial charge is 0.333 e. The normalized spacial score (nSPS) is 12.2. The van der Waals surface area contributed by atoms with Crippen LogP contribution in [0.25, 0.3) is 0 Å². The molecule has 0 amide bonds. The molecule has 2 N–H and O–H groups in total. The van der Waals surface area contributed by atoms with Crippen LogP contribution in [0.4, 0.5) is 0 Å². The molecule has 37 heavy (non-hydrogen) atoms. The quantitative estimate of drug-likeness (QED) is 0.288. The topological polar surface area (TPSA) is 121 Å². The van der Waals surface area contributed by atoms with Gasteiger partial charge in [-0.2, -0.15) is 0 Å². The number of methoxy groups -OCH3 is 2. The summed E-state index contributed by atoms with van der Waals surface area (Å²) < 4.78 is 26.9. The van der Waals surface area contributed by atoms with Gasteiger partial charge in [0.15, 0.2) is 0 Å². The highest BCUT2D eigenvalue weighted by Gasteiger charge is 2.18. The van der Waals surface area contributed by atoms with Crippen LogP contribution in [-0.2, 0) is 31.9 Å². The number of esters is 2. The van der Waals surface area contributed by atoms with E-state index >= 15 is 0 Å². The van der Waals surface area contributed by atoms with E-state index in [0.29, 0.717) is 34.1 Å². The van der Waals surface area contributed by atoms with Crippen LogP contribution in [0.5, 0.6) is 23.0 Å². The van der Waals surface area contributed by atoms with Gasteiger partial charge in [0.2, 0.25) is 0 Å². The molecular formula is C28H34O9. The third-order valence-corrected chi connectivity index (χ3v) is 5.18. The second kappa shape index (κ2) is 14.1. The molecule has 0 aliphatic heterocycles. The minimum Gasteiger partial charge on any atom is -0.497 e. The Labute approximate surface area is 216 Å². The van der Waals surface area contributed by atoms with Gasteiger partial charge in [-0.25, -0.2) is 9.59 Å². The van der Waals surface area contributed by atoms with Crippen molar-refractivity contribution >= 4 is 11.9 Å². The van der Waals surface area contributed by atoms with E-state index in [2.05, 4.69) is 13.2 Å². The molecule has 2 rings (SSSR count). The number of benzene rings is 2. The minimum atomic E-state index is -1.00. The molecule has 0 saturated carbocycles. The largest absolute Gasteiger partial charge is 0.497 e. The van der Waals surface area contributed by atoms with Crippen molar-refractivity contribution in [1.82, 2.24) is 0 Å². The van der Waals surface area contributed by atoms with Gasteiger partial charge in [0.05, 0.1) is 26.4 Å². The number of carbonyl (C=O) groups is 2. The Kier molecular flexibility index (Phi) is 11.2. The molecule has 0 spiro atoms. The van der Waals surface area contributed by atoms with Gasteiger partial charge in [0.25, 0.3) is 0 Å². The first kappa shape index (κ1) is 29.4. The highest BCUT2D eigenvalue weighted by atomic mass is 16.5. The molecule has 200 valence electrons. The van der Waals surface area contributed by atoms with E-state index in [0.717, 1.165) is 0 Å². The molecular weight excluding hydrogens is 480 g/mol. The van der Waals surface area contributed by atoms with E-state index in [1.807, 2.05) is 0 Å². The highest BCUT2D eigenvalue weighted by Crippen LogP contribution is 2.34. The molecule has 0 saturated heterocycles. The van der Waals surface area contributed by atoms with Gasteiger partial charge in [0.1, 0.15) is 36.2 Å². The van der Waals surface area contributed by atoms with Crippen LogP contribution in [0.3, 0.4) is 0 Å². The van der Waals surface area contributed by atoms with Crippen LogP contribution in [0.15, 0.2) is 60.7 Å². The zero-order valence-corrected chi connectivity index (χ0v) is 21.6. The Morgan fingerprint density at radius 2 is 1.14 bits per heavy atom. The first-order valence-electron chi connectivity index (χ1n) is 11.6. The molecule has 0 bridgehead atoms. The van der Waals surface area contributed by atoms with Gasteiger partial charge in [0, 0.05) is 35.1 Å². The average Bonchev–Trinajstić information content (AvgIpc) is 2.87. The van der Waals surface area contributed by atoms with Crippen molar-refractivity contribution in [3.63, 3.8) is 0 Å². The van der Waals surface area contributed by atoms with Crippen LogP contribution in [-0.4, -0.2) is 61.8 Å². The summed E-state index contributed by atoms with van der Waals surface area (Å²) in [5.74, 6) is 0.797. The number of carbonyl (C=O) groups excluding carboxylic acids is 2. The molecule has 0 radical (unpaired) electrons. The third kappa shape index (κ3) is 9.29. The second-order valence-electron chi connectivity index (χ2n) is 8.52. The number of hydrogen-bond acceptors (Lipinski definition) is 9. The van der Waals surface area contributed by atoms with Crippen molar-refractivity contribution in [1.29, 1.82) is 0 Å². The van der Waals surface area contributed by atoms with Crippen molar-refractivity contribution in [2.75, 3.05) is 27.4 Å². The van der Waals surface area contributed by atoms with Gasteiger partial charge < -0.3 is 33.9 Å². The lowest BCUT2D eigenvalue weighted by atomic mass is 10.0. The van der Waals surface area contributed by atoms with E-state index in [1.54, 1.807) is 36.4 Å². The number of rotatable bonds is 14. The first-order chi connectivity index (χ1) is 17.5. The fourth-order valence-corrected chi connectivity index (χ4v) is 3.22. The summed E-state index contributed by atoms with van der Waals surface area (Å²) in [5, 5.41) is 20.9. The number of hydrogen-bond donors (Lipinski definition) is 2.